The maximum absolute atomic E-state index is 10.7. The standard InChI is InChI=1S/C9H14N4O/c1-7(14)10-5-4-9-12-11-8-3-2-6-13(8)9/h2-6H2,1H3,(H,10,14). The third-order valence-electron chi connectivity index (χ3n) is 2.41. The van der Waals surface area contributed by atoms with Gasteiger partial charge in [0.25, 0.3) is 0 Å². The van der Waals surface area contributed by atoms with Crippen LogP contribution in [-0.4, -0.2) is 27.2 Å². The molecule has 2 heterocycles. The molecular formula is C9H14N4O. The molecule has 14 heavy (non-hydrogen) atoms. The van der Waals surface area contributed by atoms with Gasteiger partial charge in [0.2, 0.25) is 5.91 Å². The molecule has 0 saturated carbocycles. The molecule has 0 bridgehead atoms. The van der Waals surface area contributed by atoms with E-state index in [-0.39, 0.29) is 5.91 Å². The normalized spacial score (nSPS) is 14.1. The van der Waals surface area contributed by atoms with E-state index >= 15 is 0 Å². The van der Waals surface area contributed by atoms with Gasteiger partial charge < -0.3 is 9.88 Å². The number of aryl methyl sites for hydroxylation is 1. The van der Waals surface area contributed by atoms with Gasteiger partial charge in [-0.1, -0.05) is 0 Å². The number of hydrogen-bond donors (Lipinski definition) is 1. The molecule has 0 unspecified atom stereocenters. The van der Waals surface area contributed by atoms with E-state index in [4.69, 9.17) is 0 Å². The summed E-state index contributed by atoms with van der Waals surface area (Å²) >= 11 is 0. The van der Waals surface area contributed by atoms with Crippen LogP contribution >= 0.6 is 0 Å². The Morgan fingerprint density at radius 1 is 1.57 bits per heavy atom. The predicted octanol–water partition coefficient (Wildman–Crippen LogP) is -0.0971. The third-order valence-corrected chi connectivity index (χ3v) is 2.41. The Labute approximate surface area is 82.5 Å². The molecule has 0 radical (unpaired) electrons. The summed E-state index contributed by atoms with van der Waals surface area (Å²) in [5.41, 5.74) is 0. The number of fused-ring (bicyclic) bond motifs is 1. The minimum absolute atomic E-state index is 0.00570. The Morgan fingerprint density at radius 3 is 3.21 bits per heavy atom. The zero-order valence-electron chi connectivity index (χ0n) is 8.29. The van der Waals surface area contributed by atoms with Gasteiger partial charge in [0, 0.05) is 32.9 Å². The summed E-state index contributed by atoms with van der Waals surface area (Å²) in [5.74, 6) is 2.08. The highest BCUT2D eigenvalue weighted by Crippen LogP contribution is 2.13. The largest absolute Gasteiger partial charge is 0.356 e. The number of aromatic nitrogens is 3. The Hall–Kier alpha value is -1.39. The highest BCUT2D eigenvalue weighted by atomic mass is 16.1. The van der Waals surface area contributed by atoms with E-state index < -0.39 is 0 Å². The van der Waals surface area contributed by atoms with Gasteiger partial charge in [-0.2, -0.15) is 0 Å². The molecule has 1 amide bonds. The summed E-state index contributed by atoms with van der Waals surface area (Å²) in [6.45, 7) is 3.19. The quantitative estimate of drug-likeness (QED) is 0.731. The summed E-state index contributed by atoms with van der Waals surface area (Å²) in [5, 5.41) is 10.9. The lowest BCUT2D eigenvalue weighted by Crippen LogP contribution is -2.23. The Balaban J connectivity index is 1.93. The van der Waals surface area contributed by atoms with Crippen molar-refractivity contribution in [2.24, 2.45) is 0 Å². The van der Waals surface area contributed by atoms with Crippen molar-refractivity contribution >= 4 is 5.91 Å². The number of rotatable bonds is 3. The first-order chi connectivity index (χ1) is 6.77. The molecule has 0 saturated heterocycles. The maximum Gasteiger partial charge on any atom is 0.216 e. The Morgan fingerprint density at radius 2 is 2.43 bits per heavy atom. The molecule has 0 fully saturated rings. The van der Waals surface area contributed by atoms with Gasteiger partial charge in [-0.05, 0) is 6.42 Å². The first-order valence-electron chi connectivity index (χ1n) is 4.93. The van der Waals surface area contributed by atoms with Crippen LogP contribution in [-0.2, 0) is 24.2 Å². The molecule has 76 valence electrons. The molecule has 1 N–H and O–H groups in total. The number of nitrogens with zero attached hydrogens (tertiary/aromatic N) is 3. The van der Waals surface area contributed by atoms with Gasteiger partial charge >= 0.3 is 0 Å². The Kier molecular flexibility index (Phi) is 2.47. The van der Waals surface area contributed by atoms with Crippen LogP contribution in [0.4, 0.5) is 0 Å². The third kappa shape index (κ3) is 1.76. The number of carbonyl (C=O) groups is 1. The molecule has 2 rings (SSSR count). The van der Waals surface area contributed by atoms with E-state index in [0.29, 0.717) is 6.54 Å². The second kappa shape index (κ2) is 3.77. The van der Waals surface area contributed by atoms with Crippen molar-refractivity contribution in [3.05, 3.63) is 11.6 Å². The van der Waals surface area contributed by atoms with Gasteiger partial charge in [0.1, 0.15) is 11.6 Å². The number of carbonyl (C=O) groups excluding carboxylic acids is 1. The molecule has 1 aliphatic heterocycles. The van der Waals surface area contributed by atoms with Crippen molar-refractivity contribution < 1.29 is 4.79 Å². The molecule has 5 nitrogen and oxygen atoms in total. The van der Waals surface area contributed by atoms with E-state index in [9.17, 15) is 4.79 Å². The number of nitrogens with one attached hydrogen (secondary N) is 1. The Bertz CT molecular complexity index is 345. The van der Waals surface area contributed by atoms with Crippen molar-refractivity contribution in [1.29, 1.82) is 0 Å². The number of amides is 1. The first-order valence-corrected chi connectivity index (χ1v) is 4.93. The van der Waals surface area contributed by atoms with Gasteiger partial charge in [0.05, 0.1) is 0 Å². The van der Waals surface area contributed by atoms with Crippen molar-refractivity contribution in [2.75, 3.05) is 6.54 Å². The minimum atomic E-state index is 0.00570. The molecule has 0 spiro atoms. The topological polar surface area (TPSA) is 59.8 Å². The SMILES string of the molecule is CC(=O)NCCc1nnc2n1CCC2. The van der Waals surface area contributed by atoms with Crippen LogP contribution in [0.25, 0.3) is 0 Å². The van der Waals surface area contributed by atoms with Gasteiger partial charge in [-0.3, -0.25) is 4.79 Å². The fraction of sp³-hybridized carbons (Fsp3) is 0.667. The van der Waals surface area contributed by atoms with Crippen LogP contribution in [0.1, 0.15) is 25.0 Å². The van der Waals surface area contributed by atoms with E-state index in [0.717, 1.165) is 37.5 Å². The van der Waals surface area contributed by atoms with E-state index in [1.54, 1.807) is 0 Å². The van der Waals surface area contributed by atoms with Crippen molar-refractivity contribution in [3.63, 3.8) is 0 Å². The van der Waals surface area contributed by atoms with Crippen molar-refractivity contribution in [3.8, 4) is 0 Å². The van der Waals surface area contributed by atoms with Crippen LogP contribution < -0.4 is 5.32 Å². The van der Waals surface area contributed by atoms with Crippen molar-refractivity contribution in [2.45, 2.75) is 32.7 Å². The molecule has 1 aliphatic rings. The fourth-order valence-corrected chi connectivity index (χ4v) is 1.75. The summed E-state index contributed by atoms with van der Waals surface area (Å²) in [4.78, 5) is 10.7. The van der Waals surface area contributed by atoms with E-state index in [2.05, 4.69) is 20.1 Å². The summed E-state index contributed by atoms with van der Waals surface area (Å²) in [6, 6.07) is 0. The van der Waals surface area contributed by atoms with E-state index in [1.165, 1.54) is 6.92 Å². The van der Waals surface area contributed by atoms with Crippen molar-refractivity contribution in [1.82, 2.24) is 20.1 Å². The lowest BCUT2D eigenvalue weighted by molar-refractivity contribution is -0.118. The molecule has 1 aromatic rings. The second-order valence-electron chi connectivity index (χ2n) is 3.52. The summed E-state index contributed by atoms with van der Waals surface area (Å²) in [7, 11) is 0. The van der Waals surface area contributed by atoms with Crippen LogP contribution in [0.15, 0.2) is 0 Å². The fourth-order valence-electron chi connectivity index (χ4n) is 1.75. The molecule has 5 heteroatoms. The molecule has 1 aromatic heterocycles. The molecule has 0 atom stereocenters. The highest BCUT2D eigenvalue weighted by molar-refractivity contribution is 5.72. The first kappa shape index (κ1) is 9.18. The zero-order valence-corrected chi connectivity index (χ0v) is 8.29. The van der Waals surface area contributed by atoms with Crippen LogP contribution in [0.5, 0.6) is 0 Å². The maximum atomic E-state index is 10.7. The minimum Gasteiger partial charge on any atom is -0.356 e. The van der Waals surface area contributed by atoms with E-state index in [1.807, 2.05) is 0 Å². The summed E-state index contributed by atoms with van der Waals surface area (Å²) in [6.07, 6.45) is 2.97. The van der Waals surface area contributed by atoms with Gasteiger partial charge in [-0.15, -0.1) is 10.2 Å². The average molecular weight is 194 g/mol. The summed E-state index contributed by atoms with van der Waals surface area (Å²) < 4.78 is 2.15. The number of hydrogen-bond acceptors (Lipinski definition) is 3. The monoisotopic (exact) mass is 194 g/mol. The molecular weight excluding hydrogens is 180 g/mol. The lowest BCUT2D eigenvalue weighted by Gasteiger charge is -2.02. The van der Waals surface area contributed by atoms with Crippen LogP contribution in [0, 0.1) is 0 Å². The highest BCUT2D eigenvalue weighted by Gasteiger charge is 2.16. The smallest absolute Gasteiger partial charge is 0.216 e. The average Bonchev–Trinajstić information content (AvgIpc) is 2.67. The van der Waals surface area contributed by atoms with Gasteiger partial charge in [0.15, 0.2) is 0 Å². The molecule has 0 aliphatic carbocycles. The zero-order chi connectivity index (χ0) is 9.97. The lowest BCUT2D eigenvalue weighted by atomic mass is 10.4. The second-order valence-corrected chi connectivity index (χ2v) is 3.52. The molecule has 0 aromatic carbocycles. The van der Waals surface area contributed by atoms with Crippen LogP contribution in [0.3, 0.4) is 0 Å². The predicted molar refractivity (Wildman–Crippen MR) is 50.7 cm³/mol. The van der Waals surface area contributed by atoms with Gasteiger partial charge in [-0.25, -0.2) is 0 Å². The van der Waals surface area contributed by atoms with Crippen LogP contribution in [0.2, 0.25) is 0 Å².